The molecule has 1 atom stereocenters. The van der Waals surface area contributed by atoms with Gasteiger partial charge in [-0.1, -0.05) is 53.5 Å². The highest BCUT2D eigenvalue weighted by molar-refractivity contribution is 6.42. The number of halogens is 2. The fraction of sp³-hybridized carbons (Fsp3) is 0.444. The molecule has 3 aliphatic rings. The number of hydrogen-bond donors (Lipinski definition) is 2. The van der Waals surface area contributed by atoms with E-state index in [4.69, 9.17) is 27.9 Å². The Bertz CT molecular complexity index is 1190. The van der Waals surface area contributed by atoms with Crippen LogP contribution in [0.15, 0.2) is 48.5 Å². The fourth-order valence-electron chi connectivity index (χ4n) is 5.14. The van der Waals surface area contributed by atoms with E-state index >= 15 is 0 Å². The summed E-state index contributed by atoms with van der Waals surface area (Å²) in [5.41, 5.74) is 0.755. The first-order valence-corrected chi connectivity index (χ1v) is 13.6. The molecule has 0 radical (unpaired) electrons. The summed E-state index contributed by atoms with van der Waals surface area (Å²) in [4.78, 5) is 45.0. The van der Waals surface area contributed by atoms with Gasteiger partial charge in [-0.25, -0.2) is 4.79 Å². The normalized spacial score (nSPS) is 21.1. The maximum Gasteiger partial charge on any atom is 0.326 e. The molecule has 2 heterocycles. The molecule has 0 bridgehead atoms. The standard InChI is InChI=1S/C27H31Cl2N5O4/c28-21-7-6-20(16-22(21)29)31-26(37)33-14-12-32(13-15-33)24(35)23-17-30-10-11-34(23)27(8-9-27)25(36)38-18-19-4-2-1-3-5-19/h1-7,16,23,30H,8-15,17-18H2,(H,31,37). The summed E-state index contributed by atoms with van der Waals surface area (Å²) in [6, 6.07) is 13.8. The predicted octanol–water partition coefficient (Wildman–Crippen LogP) is 3.22. The van der Waals surface area contributed by atoms with Crippen LogP contribution in [-0.4, -0.2) is 90.0 Å². The number of carbonyl (C=O) groups is 3. The minimum Gasteiger partial charge on any atom is -0.459 e. The first kappa shape index (κ1) is 26.7. The highest BCUT2D eigenvalue weighted by atomic mass is 35.5. The van der Waals surface area contributed by atoms with Crippen LogP contribution >= 0.6 is 23.2 Å². The van der Waals surface area contributed by atoms with Gasteiger partial charge in [-0.05, 0) is 36.6 Å². The van der Waals surface area contributed by atoms with E-state index in [1.807, 2.05) is 35.2 Å². The molecule has 9 nitrogen and oxygen atoms in total. The van der Waals surface area contributed by atoms with Crippen molar-refractivity contribution in [2.45, 2.75) is 31.0 Å². The molecule has 2 aliphatic heterocycles. The van der Waals surface area contributed by atoms with Gasteiger partial charge in [-0.15, -0.1) is 0 Å². The van der Waals surface area contributed by atoms with Crippen molar-refractivity contribution < 1.29 is 19.1 Å². The molecule has 1 aliphatic carbocycles. The largest absolute Gasteiger partial charge is 0.459 e. The molecule has 2 N–H and O–H groups in total. The van der Waals surface area contributed by atoms with Gasteiger partial charge in [-0.3, -0.25) is 14.5 Å². The fourth-order valence-corrected chi connectivity index (χ4v) is 5.44. The lowest BCUT2D eigenvalue weighted by Gasteiger charge is -2.43. The number of nitrogens with one attached hydrogen (secondary N) is 2. The zero-order valence-corrected chi connectivity index (χ0v) is 22.5. The number of urea groups is 1. The minimum absolute atomic E-state index is 0.0242. The van der Waals surface area contributed by atoms with Crippen molar-refractivity contribution in [2.24, 2.45) is 0 Å². The Morgan fingerprint density at radius 2 is 1.66 bits per heavy atom. The van der Waals surface area contributed by atoms with Gasteiger partial charge in [0.2, 0.25) is 5.91 Å². The number of ether oxygens (including phenoxy) is 1. The van der Waals surface area contributed by atoms with E-state index in [1.54, 1.807) is 28.0 Å². The van der Waals surface area contributed by atoms with Crippen LogP contribution in [0.3, 0.4) is 0 Å². The van der Waals surface area contributed by atoms with Crippen molar-refractivity contribution >= 4 is 46.8 Å². The molecule has 2 saturated heterocycles. The Labute approximate surface area is 232 Å². The maximum atomic E-state index is 13.6. The summed E-state index contributed by atoms with van der Waals surface area (Å²) < 4.78 is 5.69. The third kappa shape index (κ3) is 5.76. The summed E-state index contributed by atoms with van der Waals surface area (Å²) in [6.07, 6.45) is 1.38. The first-order valence-electron chi connectivity index (χ1n) is 12.9. The lowest BCUT2D eigenvalue weighted by atomic mass is 10.1. The third-order valence-electron chi connectivity index (χ3n) is 7.44. The van der Waals surface area contributed by atoms with E-state index < -0.39 is 11.6 Å². The SMILES string of the molecule is O=C(Nc1ccc(Cl)c(Cl)c1)N1CCN(C(=O)C2CNCCN2C2(C(=O)OCc3ccccc3)CC2)CC1. The summed E-state index contributed by atoms with van der Waals surface area (Å²) in [5.74, 6) is -0.284. The highest BCUT2D eigenvalue weighted by Gasteiger charge is 2.59. The molecule has 11 heteroatoms. The number of rotatable bonds is 6. The number of esters is 1. The van der Waals surface area contributed by atoms with Gasteiger partial charge in [0, 0.05) is 51.5 Å². The van der Waals surface area contributed by atoms with Crippen molar-refractivity contribution in [3.63, 3.8) is 0 Å². The van der Waals surface area contributed by atoms with Crippen molar-refractivity contribution in [2.75, 3.05) is 51.1 Å². The Morgan fingerprint density at radius 3 is 2.34 bits per heavy atom. The van der Waals surface area contributed by atoms with Crippen molar-refractivity contribution in [3.8, 4) is 0 Å². The Morgan fingerprint density at radius 1 is 0.947 bits per heavy atom. The second kappa shape index (κ2) is 11.5. The molecular weight excluding hydrogens is 529 g/mol. The number of benzene rings is 2. The molecule has 38 heavy (non-hydrogen) atoms. The van der Waals surface area contributed by atoms with E-state index in [-0.39, 0.29) is 24.5 Å². The Balaban J connectivity index is 1.17. The molecule has 0 aromatic heterocycles. The van der Waals surface area contributed by atoms with E-state index in [1.165, 1.54) is 0 Å². The number of nitrogens with zero attached hydrogens (tertiary/aromatic N) is 3. The van der Waals surface area contributed by atoms with Gasteiger partial charge in [0.1, 0.15) is 18.2 Å². The maximum absolute atomic E-state index is 13.6. The zero-order valence-electron chi connectivity index (χ0n) is 21.0. The smallest absolute Gasteiger partial charge is 0.326 e. The molecule has 0 spiro atoms. The van der Waals surface area contributed by atoms with Crippen LogP contribution in [0, 0.1) is 0 Å². The van der Waals surface area contributed by atoms with E-state index in [9.17, 15) is 14.4 Å². The molecule has 2 aromatic rings. The summed E-state index contributed by atoms with van der Waals surface area (Å²) in [5, 5.41) is 6.92. The molecule has 3 amide bonds. The van der Waals surface area contributed by atoms with Gasteiger partial charge in [0.15, 0.2) is 0 Å². The van der Waals surface area contributed by atoms with Gasteiger partial charge >= 0.3 is 12.0 Å². The quantitative estimate of drug-likeness (QED) is 0.528. The monoisotopic (exact) mass is 559 g/mol. The third-order valence-corrected chi connectivity index (χ3v) is 8.18. The molecular formula is C27H31Cl2N5O4. The first-order chi connectivity index (χ1) is 18.4. The number of carbonyl (C=O) groups excluding carboxylic acids is 3. The van der Waals surface area contributed by atoms with Crippen LogP contribution in [0.5, 0.6) is 0 Å². The molecule has 5 rings (SSSR count). The van der Waals surface area contributed by atoms with E-state index in [2.05, 4.69) is 10.6 Å². The van der Waals surface area contributed by atoms with Crippen molar-refractivity contribution in [1.29, 1.82) is 0 Å². The second-order valence-corrected chi connectivity index (χ2v) is 10.7. The van der Waals surface area contributed by atoms with E-state index in [0.29, 0.717) is 74.4 Å². The topological polar surface area (TPSA) is 94.2 Å². The minimum atomic E-state index is -0.737. The van der Waals surface area contributed by atoms with Crippen LogP contribution < -0.4 is 10.6 Å². The van der Waals surface area contributed by atoms with E-state index in [0.717, 1.165) is 5.56 Å². The van der Waals surface area contributed by atoms with Crippen LogP contribution in [0.1, 0.15) is 18.4 Å². The molecule has 3 fully saturated rings. The van der Waals surface area contributed by atoms with Gasteiger partial charge in [-0.2, -0.15) is 0 Å². The molecule has 1 unspecified atom stereocenters. The second-order valence-electron chi connectivity index (χ2n) is 9.88. The number of hydrogen-bond acceptors (Lipinski definition) is 6. The van der Waals surface area contributed by atoms with Crippen LogP contribution in [0.25, 0.3) is 0 Å². The number of anilines is 1. The lowest BCUT2D eigenvalue weighted by molar-refractivity contribution is -0.158. The van der Waals surface area contributed by atoms with Gasteiger partial charge in [0.05, 0.1) is 10.0 Å². The van der Waals surface area contributed by atoms with Crippen LogP contribution in [0.4, 0.5) is 10.5 Å². The molecule has 2 aromatic carbocycles. The molecule has 202 valence electrons. The summed E-state index contributed by atoms with van der Waals surface area (Å²) >= 11 is 12.0. The van der Waals surface area contributed by atoms with Gasteiger partial charge in [0.25, 0.3) is 0 Å². The molecule has 1 saturated carbocycles. The Hall–Kier alpha value is -2.85. The summed E-state index contributed by atoms with van der Waals surface area (Å²) in [7, 11) is 0. The average molecular weight is 560 g/mol. The highest BCUT2D eigenvalue weighted by Crippen LogP contribution is 2.44. The number of amides is 3. The Kier molecular flexibility index (Phi) is 8.09. The average Bonchev–Trinajstić information content (AvgIpc) is 3.76. The predicted molar refractivity (Wildman–Crippen MR) is 145 cm³/mol. The van der Waals surface area contributed by atoms with Crippen molar-refractivity contribution in [1.82, 2.24) is 20.0 Å². The number of piperazine rings is 2. The summed E-state index contributed by atoms with van der Waals surface area (Å²) in [6.45, 7) is 3.66. The van der Waals surface area contributed by atoms with Crippen LogP contribution in [0.2, 0.25) is 10.0 Å². The van der Waals surface area contributed by atoms with Crippen LogP contribution in [-0.2, 0) is 20.9 Å². The lowest BCUT2D eigenvalue weighted by Crippen LogP contribution is -2.65. The zero-order chi connectivity index (χ0) is 26.7. The van der Waals surface area contributed by atoms with Crippen molar-refractivity contribution in [3.05, 3.63) is 64.1 Å². The van der Waals surface area contributed by atoms with Gasteiger partial charge < -0.3 is 25.2 Å².